The van der Waals surface area contributed by atoms with Gasteiger partial charge in [0.25, 0.3) is 0 Å². The van der Waals surface area contributed by atoms with Gasteiger partial charge in [-0.25, -0.2) is 9.18 Å². The summed E-state index contributed by atoms with van der Waals surface area (Å²) in [5.74, 6) is -0.336. The number of carbonyl (C=O) groups is 1. The number of aliphatic hydroxyl groups excluding tert-OH is 1. The lowest BCUT2D eigenvalue weighted by atomic mass is 10.2. The molecule has 0 aliphatic rings. The number of nitrogens with one attached hydrogen (secondary N) is 1. The van der Waals surface area contributed by atoms with Crippen LogP contribution in [0.4, 0.5) is 14.9 Å². The number of nitrogens with zero attached hydrogens (tertiary/aromatic N) is 1. The van der Waals surface area contributed by atoms with Gasteiger partial charge in [0.2, 0.25) is 0 Å². The molecule has 17 heavy (non-hydrogen) atoms. The summed E-state index contributed by atoms with van der Waals surface area (Å²) < 4.78 is 12.9. The highest BCUT2D eigenvalue weighted by Crippen LogP contribution is 2.16. The minimum atomic E-state index is -0.336. The molecule has 0 aliphatic heterocycles. The van der Waals surface area contributed by atoms with Crippen LogP contribution in [0.5, 0.6) is 0 Å². The molecule has 1 atom stereocenters. The molecule has 0 aromatic heterocycles. The van der Waals surface area contributed by atoms with E-state index in [1.807, 2.05) is 0 Å². The van der Waals surface area contributed by atoms with E-state index in [1.165, 1.54) is 23.1 Å². The molecule has 0 saturated heterocycles. The Hall–Kier alpha value is -1.62. The van der Waals surface area contributed by atoms with E-state index in [1.54, 1.807) is 20.9 Å². The summed E-state index contributed by atoms with van der Waals surface area (Å²) in [4.78, 5) is 13.2. The number of amides is 2. The van der Waals surface area contributed by atoms with Crippen LogP contribution in [0, 0.1) is 12.7 Å². The SMILES string of the molecule is Cc1cc(F)ccc1NC(=O)N(C)C(C)CO. The van der Waals surface area contributed by atoms with Gasteiger partial charge in [0.1, 0.15) is 5.82 Å². The fraction of sp³-hybridized carbons (Fsp3) is 0.417. The van der Waals surface area contributed by atoms with Crippen molar-refractivity contribution in [3.05, 3.63) is 29.6 Å². The molecule has 94 valence electrons. The summed E-state index contributed by atoms with van der Waals surface area (Å²) in [7, 11) is 1.59. The van der Waals surface area contributed by atoms with Crippen molar-refractivity contribution in [2.24, 2.45) is 0 Å². The summed E-state index contributed by atoms with van der Waals surface area (Å²) in [6.45, 7) is 3.34. The van der Waals surface area contributed by atoms with Crippen LogP contribution in [0.2, 0.25) is 0 Å². The fourth-order valence-electron chi connectivity index (χ4n) is 1.29. The molecule has 1 aromatic carbocycles. The largest absolute Gasteiger partial charge is 0.394 e. The Morgan fingerprint density at radius 3 is 2.76 bits per heavy atom. The molecule has 0 bridgehead atoms. The Labute approximate surface area is 100 Å². The Kier molecular flexibility index (Phi) is 4.45. The van der Waals surface area contributed by atoms with Crippen LogP contribution in [-0.4, -0.2) is 35.7 Å². The summed E-state index contributed by atoms with van der Waals surface area (Å²) in [5, 5.41) is 11.6. The third kappa shape index (κ3) is 3.42. The lowest BCUT2D eigenvalue weighted by Gasteiger charge is -2.23. The van der Waals surface area contributed by atoms with Gasteiger partial charge in [-0.1, -0.05) is 0 Å². The summed E-state index contributed by atoms with van der Waals surface area (Å²) in [5.41, 5.74) is 1.22. The number of likely N-dealkylation sites (N-methyl/N-ethyl adjacent to an activating group) is 1. The summed E-state index contributed by atoms with van der Waals surface area (Å²) in [6, 6.07) is 3.56. The molecule has 0 fully saturated rings. The van der Waals surface area contributed by atoms with Crippen LogP contribution in [0.15, 0.2) is 18.2 Å². The van der Waals surface area contributed by atoms with Crippen molar-refractivity contribution in [1.29, 1.82) is 0 Å². The molecule has 5 heteroatoms. The smallest absolute Gasteiger partial charge is 0.321 e. The molecule has 1 rings (SSSR count). The Balaban J connectivity index is 2.74. The Bertz CT molecular complexity index is 409. The van der Waals surface area contributed by atoms with Gasteiger partial charge >= 0.3 is 6.03 Å². The normalized spacial score (nSPS) is 12.1. The molecule has 1 unspecified atom stereocenters. The van der Waals surface area contributed by atoms with Crippen molar-refractivity contribution in [1.82, 2.24) is 4.90 Å². The van der Waals surface area contributed by atoms with Gasteiger partial charge in [-0.05, 0) is 37.6 Å². The Morgan fingerprint density at radius 2 is 2.24 bits per heavy atom. The predicted molar refractivity (Wildman–Crippen MR) is 64.5 cm³/mol. The van der Waals surface area contributed by atoms with Crippen LogP contribution in [0.1, 0.15) is 12.5 Å². The van der Waals surface area contributed by atoms with E-state index < -0.39 is 0 Å². The van der Waals surface area contributed by atoms with Gasteiger partial charge in [-0.15, -0.1) is 0 Å². The number of anilines is 1. The first-order valence-corrected chi connectivity index (χ1v) is 5.36. The van der Waals surface area contributed by atoms with Gasteiger partial charge in [-0.3, -0.25) is 0 Å². The van der Waals surface area contributed by atoms with Gasteiger partial charge in [-0.2, -0.15) is 0 Å². The van der Waals surface area contributed by atoms with Gasteiger partial charge in [0.15, 0.2) is 0 Å². The minimum absolute atomic E-state index is 0.105. The standard InChI is InChI=1S/C12H17FN2O2/c1-8-6-10(13)4-5-11(8)14-12(17)15(3)9(2)7-16/h4-6,9,16H,7H2,1-3H3,(H,14,17). The van der Waals surface area contributed by atoms with E-state index in [0.29, 0.717) is 11.3 Å². The van der Waals surface area contributed by atoms with Gasteiger partial charge in [0, 0.05) is 12.7 Å². The maximum Gasteiger partial charge on any atom is 0.321 e. The maximum absolute atomic E-state index is 12.9. The van der Waals surface area contributed by atoms with E-state index in [9.17, 15) is 9.18 Å². The number of urea groups is 1. The molecule has 2 N–H and O–H groups in total. The van der Waals surface area contributed by atoms with E-state index in [0.717, 1.165) is 0 Å². The topological polar surface area (TPSA) is 52.6 Å². The van der Waals surface area contributed by atoms with Crippen molar-refractivity contribution in [2.75, 3.05) is 19.0 Å². The van der Waals surface area contributed by atoms with Crippen molar-refractivity contribution in [3.63, 3.8) is 0 Å². The van der Waals surface area contributed by atoms with Crippen LogP contribution in [0.25, 0.3) is 0 Å². The molecule has 0 spiro atoms. The zero-order valence-electron chi connectivity index (χ0n) is 10.2. The van der Waals surface area contributed by atoms with Crippen LogP contribution >= 0.6 is 0 Å². The fourth-order valence-corrected chi connectivity index (χ4v) is 1.29. The first kappa shape index (κ1) is 13.4. The third-order valence-electron chi connectivity index (χ3n) is 2.68. The number of halogens is 1. The number of aryl methyl sites for hydroxylation is 1. The number of hydrogen-bond acceptors (Lipinski definition) is 2. The van der Waals surface area contributed by atoms with E-state index in [-0.39, 0.29) is 24.5 Å². The van der Waals surface area contributed by atoms with Crippen LogP contribution < -0.4 is 5.32 Å². The monoisotopic (exact) mass is 240 g/mol. The number of aliphatic hydroxyl groups is 1. The lowest BCUT2D eigenvalue weighted by molar-refractivity contribution is 0.166. The van der Waals surface area contributed by atoms with Crippen LogP contribution in [0.3, 0.4) is 0 Å². The molecule has 1 aromatic rings. The van der Waals surface area contributed by atoms with Crippen molar-refractivity contribution in [2.45, 2.75) is 19.9 Å². The zero-order valence-corrected chi connectivity index (χ0v) is 10.2. The molecule has 0 saturated carbocycles. The number of rotatable bonds is 3. The summed E-state index contributed by atoms with van der Waals surface area (Å²) in [6.07, 6.45) is 0. The first-order valence-electron chi connectivity index (χ1n) is 5.36. The second-order valence-electron chi connectivity index (χ2n) is 4.03. The molecule has 0 aliphatic carbocycles. The first-order chi connectivity index (χ1) is 7.95. The average molecular weight is 240 g/mol. The molecular formula is C12H17FN2O2. The van der Waals surface area contributed by atoms with E-state index >= 15 is 0 Å². The second-order valence-corrected chi connectivity index (χ2v) is 4.03. The minimum Gasteiger partial charge on any atom is -0.394 e. The van der Waals surface area contributed by atoms with Crippen molar-refractivity contribution in [3.8, 4) is 0 Å². The zero-order chi connectivity index (χ0) is 13.0. The highest BCUT2D eigenvalue weighted by atomic mass is 19.1. The second kappa shape index (κ2) is 5.63. The summed E-state index contributed by atoms with van der Waals surface area (Å²) >= 11 is 0. The van der Waals surface area contributed by atoms with Crippen LogP contribution in [-0.2, 0) is 0 Å². The molecule has 0 radical (unpaired) electrons. The lowest BCUT2D eigenvalue weighted by Crippen LogP contribution is -2.40. The average Bonchev–Trinajstić information content (AvgIpc) is 2.30. The highest BCUT2D eigenvalue weighted by molar-refractivity contribution is 5.90. The highest BCUT2D eigenvalue weighted by Gasteiger charge is 2.15. The molecule has 2 amide bonds. The van der Waals surface area contributed by atoms with Gasteiger partial charge in [0.05, 0.1) is 12.6 Å². The quantitative estimate of drug-likeness (QED) is 0.848. The predicted octanol–water partition coefficient (Wildman–Crippen LogP) is 1.98. The van der Waals surface area contributed by atoms with Gasteiger partial charge < -0.3 is 15.3 Å². The van der Waals surface area contributed by atoms with Crippen molar-refractivity contribution >= 4 is 11.7 Å². The molecule has 0 heterocycles. The van der Waals surface area contributed by atoms with Crippen molar-refractivity contribution < 1.29 is 14.3 Å². The maximum atomic E-state index is 12.9. The van der Waals surface area contributed by atoms with E-state index in [4.69, 9.17) is 5.11 Å². The third-order valence-corrected chi connectivity index (χ3v) is 2.68. The number of hydrogen-bond donors (Lipinski definition) is 2. The molecular weight excluding hydrogens is 223 g/mol. The Morgan fingerprint density at radius 1 is 1.59 bits per heavy atom. The van der Waals surface area contributed by atoms with E-state index in [2.05, 4.69) is 5.32 Å². The molecule has 4 nitrogen and oxygen atoms in total. The number of carbonyl (C=O) groups excluding carboxylic acids is 1. The number of benzene rings is 1.